The highest BCUT2D eigenvalue weighted by atomic mass is 19.1. The Morgan fingerprint density at radius 3 is 2.28 bits per heavy atom. The Morgan fingerprint density at radius 1 is 0.969 bits per heavy atom. The zero-order valence-electron chi connectivity index (χ0n) is 18.2. The number of nitrogens with one attached hydrogen (secondary N) is 1. The Balaban J connectivity index is 1.37. The minimum atomic E-state index is -0.508. The maximum Gasteiger partial charge on any atom is 0.233 e. The van der Waals surface area contributed by atoms with Crippen LogP contribution in [0.4, 0.5) is 4.39 Å². The molecule has 166 valence electrons. The number of piperidine rings is 2. The van der Waals surface area contributed by atoms with Gasteiger partial charge < -0.3 is 10.2 Å². The van der Waals surface area contributed by atoms with Gasteiger partial charge in [-0.3, -0.25) is 9.59 Å². The number of amides is 2. The normalized spacial score (nSPS) is 23.8. The molecule has 32 heavy (non-hydrogen) atoms. The molecule has 2 amide bonds. The van der Waals surface area contributed by atoms with E-state index in [4.69, 9.17) is 0 Å². The third-order valence-corrected chi connectivity index (χ3v) is 7.91. The molecule has 2 saturated heterocycles. The number of rotatable bonds is 3. The monoisotopic (exact) mass is 432 g/mol. The zero-order valence-corrected chi connectivity index (χ0v) is 18.2. The average molecular weight is 433 g/mol. The van der Waals surface area contributed by atoms with Crippen molar-refractivity contribution in [3.05, 3.63) is 83.7 Å². The standard InChI is InChI=1S/C27H29FN2O2/c28-22-10-8-20(9-11-22)23-19-29-24(31)18-26(23)14-16-30(17-15-26)25(32)27(12-4-5-13-27)21-6-2-1-3-7-21/h1-11,23H,12-19H2,(H,29,31). The number of allylic oxidation sites excluding steroid dienone is 2. The predicted octanol–water partition coefficient (Wildman–Crippen LogP) is 4.33. The van der Waals surface area contributed by atoms with Crippen molar-refractivity contribution < 1.29 is 14.0 Å². The van der Waals surface area contributed by atoms with Crippen LogP contribution >= 0.6 is 0 Å². The number of halogens is 1. The molecule has 1 N–H and O–H groups in total. The van der Waals surface area contributed by atoms with Crippen molar-refractivity contribution in [2.75, 3.05) is 19.6 Å². The van der Waals surface area contributed by atoms with Crippen LogP contribution in [0, 0.1) is 11.2 Å². The van der Waals surface area contributed by atoms with E-state index in [1.54, 1.807) is 0 Å². The quantitative estimate of drug-likeness (QED) is 0.734. The van der Waals surface area contributed by atoms with Crippen LogP contribution in [0.25, 0.3) is 0 Å². The topological polar surface area (TPSA) is 49.4 Å². The molecule has 2 heterocycles. The van der Waals surface area contributed by atoms with E-state index in [1.165, 1.54) is 12.1 Å². The summed E-state index contributed by atoms with van der Waals surface area (Å²) in [6, 6.07) is 16.8. The molecular formula is C27H29FN2O2. The minimum Gasteiger partial charge on any atom is -0.355 e. The first kappa shape index (κ1) is 20.9. The maximum absolute atomic E-state index is 13.8. The van der Waals surface area contributed by atoms with Gasteiger partial charge in [-0.1, -0.05) is 54.6 Å². The van der Waals surface area contributed by atoms with E-state index in [0.717, 1.165) is 36.8 Å². The van der Waals surface area contributed by atoms with Gasteiger partial charge in [0.25, 0.3) is 0 Å². The molecule has 0 aromatic heterocycles. The lowest BCUT2D eigenvalue weighted by Crippen LogP contribution is -2.55. The van der Waals surface area contributed by atoms with E-state index in [0.29, 0.717) is 26.1 Å². The highest BCUT2D eigenvalue weighted by Gasteiger charge is 2.49. The summed E-state index contributed by atoms with van der Waals surface area (Å²) in [6.45, 7) is 1.87. The number of hydrogen-bond acceptors (Lipinski definition) is 2. The van der Waals surface area contributed by atoms with Gasteiger partial charge in [0.1, 0.15) is 5.82 Å². The van der Waals surface area contributed by atoms with Crippen molar-refractivity contribution in [3.63, 3.8) is 0 Å². The first-order valence-corrected chi connectivity index (χ1v) is 11.5. The van der Waals surface area contributed by atoms with Gasteiger partial charge in [-0.15, -0.1) is 0 Å². The molecule has 1 atom stereocenters. The van der Waals surface area contributed by atoms with E-state index in [2.05, 4.69) is 29.6 Å². The third-order valence-electron chi connectivity index (χ3n) is 7.91. The maximum atomic E-state index is 13.8. The summed E-state index contributed by atoms with van der Waals surface area (Å²) in [6.07, 6.45) is 7.73. The van der Waals surface area contributed by atoms with Gasteiger partial charge in [-0.2, -0.15) is 0 Å². The van der Waals surface area contributed by atoms with Crippen molar-refractivity contribution in [1.82, 2.24) is 10.2 Å². The molecule has 0 saturated carbocycles. The molecule has 2 fully saturated rings. The fourth-order valence-electron chi connectivity index (χ4n) is 6.03. The van der Waals surface area contributed by atoms with Crippen LogP contribution in [0.15, 0.2) is 66.7 Å². The molecule has 1 unspecified atom stereocenters. The van der Waals surface area contributed by atoms with Gasteiger partial charge in [0.05, 0.1) is 5.41 Å². The van der Waals surface area contributed by atoms with Gasteiger partial charge in [-0.05, 0) is 54.4 Å². The summed E-state index contributed by atoms with van der Waals surface area (Å²) >= 11 is 0. The van der Waals surface area contributed by atoms with Crippen molar-refractivity contribution in [2.24, 2.45) is 5.41 Å². The molecule has 5 rings (SSSR count). The molecule has 1 spiro atoms. The Kier molecular flexibility index (Phi) is 5.36. The number of benzene rings is 2. The van der Waals surface area contributed by atoms with Gasteiger partial charge in [0.15, 0.2) is 0 Å². The van der Waals surface area contributed by atoms with Gasteiger partial charge in [0.2, 0.25) is 11.8 Å². The summed E-state index contributed by atoms with van der Waals surface area (Å²) in [5.41, 5.74) is 1.44. The lowest BCUT2D eigenvalue weighted by molar-refractivity contribution is -0.141. The van der Waals surface area contributed by atoms with E-state index >= 15 is 0 Å². The summed E-state index contributed by atoms with van der Waals surface area (Å²) in [7, 11) is 0. The minimum absolute atomic E-state index is 0.0730. The summed E-state index contributed by atoms with van der Waals surface area (Å²) in [5, 5.41) is 3.00. The number of carbonyl (C=O) groups excluding carboxylic acids is 2. The van der Waals surface area contributed by atoms with E-state index in [-0.39, 0.29) is 29.0 Å². The first-order chi connectivity index (χ1) is 15.5. The average Bonchev–Trinajstić information content (AvgIpc) is 3.32. The van der Waals surface area contributed by atoms with Gasteiger partial charge in [0, 0.05) is 32.0 Å². The second-order valence-electron chi connectivity index (χ2n) is 9.57. The molecule has 0 bridgehead atoms. The molecule has 3 aliphatic rings. The lowest BCUT2D eigenvalue weighted by atomic mass is 9.62. The van der Waals surface area contributed by atoms with Crippen LogP contribution in [0.1, 0.15) is 49.1 Å². The molecule has 4 nitrogen and oxygen atoms in total. The Morgan fingerprint density at radius 2 is 1.62 bits per heavy atom. The summed E-state index contributed by atoms with van der Waals surface area (Å²) in [5.74, 6) is 0.153. The molecular weight excluding hydrogens is 403 g/mol. The van der Waals surface area contributed by atoms with E-state index in [9.17, 15) is 14.0 Å². The Labute approximate surface area is 188 Å². The summed E-state index contributed by atoms with van der Waals surface area (Å²) < 4.78 is 13.5. The molecule has 2 aromatic carbocycles. The molecule has 2 aromatic rings. The zero-order chi connectivity index (χ0) is 22.2. The SMILES string of the molecule is O=C1CC2(CCN(C(=O)C3(c4ccccc4)CC=CC3)CC2)C(c2ccc(F)cc2)CN1. The van der Waals surface area contributed by atoms with Gasteiger partial charge >= 0.3 is 0 Å². The fourth-order valence-corrected chi connectivity index (χ4v) is 6.03. The molecule has 2 aliphatic heterocycles. The smallest absolute Gasteiger partial charge is 0.233 e. The van der Waals surface area contributed by atoms with Crippen LogP contribution in [-0.2, 0) is 15.0 Å². The van der Waals surface area contributed by atoms with E-state index < -0.39 is 5.41 Å². The number of carbonyl (C=O) groups is 2. The lowest BCUT2D eigenvalue weighted by Gasteiger charge is -2.50. The van der Waals surface area contributed by atoms with Crippen LogP contribution in [0.3, 0.4) is 0 Å². The van der Waals surface area contributed by atoms with Crippen LogP contribution < -0.4 is 5.32 Å². The highest BCUT2D eigenvalue weighted by Crippen LogP contribution is 2.49. The van der Waals surface area contributed by atoms with E-state index in [1.807, 2.05) is 35.2 Å². The van der Waals surface area contributed by atoms with Crippen molar-refractivity contribution in [3.8, 4) is 0 Å². The van der Waals surface area contributed by atoms with Crippen molar-refractivity contribution in [1.29, 1.82) is 0 Å². The fraction of sp³-hybridized carbons (Fsp3) is 0.407. The van der Waals surface area contributed by atoms with Gasteiger partial charge in [-0.25, -0.2) is 4.39 Å². The van der Waals surface area contributed by atoms with Crippen LogP contribution in [0.5, 0.6) is 0 Å². The Hall–Kier alpha value is -2.95. The predicted molar refractivity (Wildman–Crippen MR) is 122 cm³/mol. The molecule has 1 aliphatic carbocycles. The number of hydrogen-bond donors (Lipinski definition) is 1. The highest BCUT2D eigenvalue weighted by molar-refractivity contribution is 5.89. The second-order valence-corrected chi connectivity index (χ2v) is 9.57. The first-order valence-electron chi connectivity index (χ1n) is 11.5. The molecule has 0 radical (unpaired) electrons. The largest absolute Gasteiger partial charge is 0.355 e. The summed E-state index contributed by atoms with van der Waals surface area (Å²) in [4.78, 5) is 28.2. The number of likely N-dealkylation sites (tertiary alicyclic amines) is 1. The third kappa shape index (κ3) is 3.54. The number of nitrogens with zero attached hydrogens (tertiary/aromatic N) is 1. The van der Waals surface area contributed by atoms with Crippen molar-refractivity contribution >= 4 is 11.8 Å². The molecule has 5 heteroatoms. The van der Waals surface area contributed by atoms with Crippen molar-refractivity contribution in [2.45, 2.75) is 43.4 Å². The Bertz CT molecular complexity index is 1020. The second kappa shape index (κ2) is 8.19. The van der Waals surface area contributed by atoms with Crippen LogP contribution in [-0.4, -0.2) is 36.3 Å². The van der Waals surface area contributed by atoms with Crippen LogP contribution in [0.2, 0.25) is 0 Å².